The number of rotatable bonds is 5. The fourth-order valence-electron chi connectivity index (χ4n) is 2.12. The van der Waals surface area contributed by atoms with Crippen LogP contribution in [0.15, 0.2) is 78.9 Å². The van der Waals surface area contributed by atoms with E-state index >= 15 is 0 Å². The van der Waals surface area contributed by atoms with E-state index in [1.807, 2.05) is 94.8 Å². The summed E-state index contributed by atoms with van der Waals surface area (Å²) in [6.45, 7) is 2.56. The van der Waals surface area contributed by atoms with Gasteiger partial charge in [-0.1, -0.05) is 60.1 Å². The van der Waals surface area contributed by atoms with E-state index in [2.05, 4.69) is 9.39 Å². The maximum atomic E-state index is 10.5. The molecule has 0 aliphatic rings. The number of hydrogen-bond acceptors (Lipinski definition) is 4. The molecule has 3 aromatic carbocycles. The van der Waals surface area contributed by atoms with Crippen LogP contribution in [0, 0.1) is 3.57 Å². The molecule has 0 spiro atoms. The van der Waals surface area contributed by atoms with Gasteiger partial charge >= 0.3 is 0 Å². The Kier molecular flexibility index (Phi) is 13.4. The zero-order valence-electron chi connectivity index (χ0n) is 16.9. The molecule has 0 saturated heterocycles. The van der Waals surface area contributed by atoms with Crippen LogP contribution in [0.2, 0.25) is 5.02 Å². The third kappa shape index (κ3) is 10.4. The molecule has 0 aliphatic heterocycles. The van der Waals surface area contributed by atoms with Crippen LogP contribution in [0.4, 0.5) is 5.69 Å². The third-order valence-electron chi connectivity index (χ3n) is 3.75. The van der Waals surface area contributed by atoms with Crippen molar-refractivity contribution in [3.63, 3.8) is 0 Å². The number of benzene rings is 3. The molecule has 7 heteroatoms. The first kappa shape index (κ1) is 26.4. The van der Waals surface area contributed by atoms with Crippen molar-refractivity contribution in [1.29, 1.82) is 0 Å². The number of phenolic OH excluding ortho intramolecular Hbond substituents is 1. The molecule has 3 aromatic rings. The molecule has 1 N–H and O–H groups in total. The number of nitrogens with zero attached hydrogens (tertiary/aromatic N) is 1. The quantitative estimate of drug-likeness (QED) is 0.226. The average molecular weight is 558 g/mol. The summed E-state index contributed by atoms with van der Waals surface area (Å²) in [6.07, 6.45) is 0.917. The van der Waals surface area contributed by atoms with Crippen molar-refractivity contribution in [2.24, 2.45) is 0 Å². The molecule has 0 radical (unpaired) electrons. The Morgan fingerprint density at radius 2 is 1.67 bits per heavy atom. The van der Waals surface area contributed by atoms with E-state index in [9.17, 15) is 4.79 Å². The highest BCUT2D eigenvalue weighted by Gasteiger charge is 2.06. The normalized spacial score (nSPS) is 10.6. The smallest absolute Gasteiger partial charge is 0.142 e. The van der Waals surface area contributed by atoms with Gasteiger partial charge in [0.1, 0.15) is 12.0 Å². The molecule has 0 amide bonds. The lowest BCUT2D eigenvalue weighted by Gasteiger charge is -2.21. The first-order valence-corrected chi connectivity index (χ1v) is 11.1. The van der Waals surface area contributed by atoms with Gasteiger partial charge in [-0.05, 0) is 74.8 Å². The van der Waals surface area contributed by atoms with Crippen LogP contribution >= 0.6 is 43.6 Å². The predicted molar refractivity (Wildman–Crippen MR) is 137 cm³/mol. The van der Waals surface area contributed by atoms with Gasteiger partial charge in [0.25, 0.3) is 0 Å². The summed E-state index contributed by atoms with van der Waals surface area (Å²) in [4.78, 5) is 10.5. The predicted octanol–water partition coefficient (Wildman–Crippen LogP) is 6.35. The van der Waals surface area contributed by atoms with Crippen molar-refractivity contribution in [3.8, 4) is 5.75 Å². The van der Waals surface area contributed by atoms with Crippen LogP contribution in [-0.4, -0.2) is 24.5 Å². The number of ether oxygens (including phenoxy) is 1. The van der Waals surface area contributed by atoms with E-state index in [1.165, 1.54) is 5.56 Å². The monoisotopic (exact) mass is 557 g/mol. The standard InChI is InChI=1S/C9H12NOP.C8H10O.C6H4ClIO/c1-8(7-11)10(12)9-5-3-2-4-6-9;1-9-7-8-5-3-2-4-6-8;7-4-1-2-6(9)5(8)3-4/h2-8H,12H2,1H3;2-6H,7H2,1H3;1-3,9H/t8-;;/m0../s1. The number of anilines is 1. The summed E-state index contributed by atoms with van der Waals surface area (Å²) in [5.74, 6) is 0.278. The first-order chi connectivity index (χ1) is 14.4. The number of hydrogen-bond donors (Lipinski definition) is 1. The zero-order chi connectivity index (χ0) is 22.4. The van der Waals surface area contributed by atoms with E-state index in [0.29, 0.717) is 11.6 Å². The number of para-hydroxylation sites is 1. The Balaban J connectivity index is 0.000000229. The Morgan fingerprint density at radius 3 is 2.13 bits per heavy atom. The number of aromatic hydroxyl groups is 1. The lowest BCUT2D eigenvalue weighted by Crippen LogP contribution is -2.23. The summed E-state index contributed by atoms with van der Waals surface area (Å²) >= 11 is 7.62. The molecule has 0 fully saturated rings. The van der Waals surface area contributed by atoms with Gasteiger partial charge in [-0.25, -0.2) is 0 Å². The zero-order valence-corrected chi connectivity index (χ0v) is 21.0. The Bertz CT molecular complexity index is 869. The summed E-state index contributed by atoms with van der Waals surface area (Å²) < 4.78 is 7.56. The van der Waals surface area contributed by atoms with Gasteiger partial charge in [-0.2, -0.15) is 0 Å². The topological polar surface area (TPSA) is 49.8 Å². The van der Waals surface area contributed by atoms with Crippen molar-refractivity contribution < 1.29 is 14.6 Å². The van der Waals surface area contributed by atoms with E-state index in [4.69, 9.17) is 21.4 Å². The van der Waals surface area contributed by atoms with E-state index in [0.717, 1.165) is 15.5 Å². The van der Waals surface area contributed by atoms with E-state index in [1.54, 1.807) is 25.3 Å². The molecule has 160 valence electrons. The lowest BCUT2D eigenvalue weighted by atomic mass is 10.2. The molecule has 0 heterocycles. The van der Waals surface area contributed by atoms with Gasteiger partial charge in [0.15, 0.2) is 0 Å². The molecule has 0 saturated carbocycles. The average Bonchev–Trinajstić information content (AvgIpc) is 2.78. The number of phenols is 1. The van der Waals surface area contributed by atoms with Crippen molar-refractivity contribution in [1.82, 2.24) is 0 Å². The summed E-state index contributed by atoms with van der Waals surface area (Å²) in [7, 11) is 4.24. The second kappa shape index (κ2) is 15.2. The number of methoxy groups -OCH3 is 1. The fourth-order valence-corrected chi connectivity index (χ4v) is 3.24. The molecule has 0 bridgehead atoms. The number of carbonyl (C=O) groups is 1. The second-order valence-electron chi connectivity index (χ2n) is 6.13. The second-order valence-corrected chi connectivity index (χ2v) is 8.29. The summed E-state index contributed by atoms with van der Waals surface area (Å²) in [6, 6.07) is 24.7. The van der Waals surface area contributed by atoms with Crippen LogP contribution in [0.3, 0.4) is 0 Å². The van der Waals surface area contributed by atoms with Crippen LogP contribution in [0.25, 0.3) is 0 Å². The minimum atomic E-state index is -0.0996. The molecule has 3 rings (SSSR count). The van der Waals surface area contributed by atoms with Crippen molar-refractivity contribution >= 4 is 55.6 Å². The molecule has 4 nitrogen and oxygen atoms in total. The van der Waals surface area contributed by atoms with Crippen molar-refractivity contribution in [3.05, 3.63) is 93.0 Å². The third-order valence-corrected chi connectivity index (χ3v) is 5.62. The highest BCUT2D eigenvalue weighted by molar-refractivity contribution is 14.1. The SMILES string of the molecule is COCc1ccccc1.C[C@@H](C=O)N(P)c1ccccc1.Oc1ccc(Cl)cc1I. The van der Waals surface area contributed by atoms with Gasteiger partial charge in [0.05, 0.1) is 16.2 Å². The molecule has 0 aliphatic carbocycles. The highest BCUT2D eigenvalue weighted by Crippen LogP contribution is 2.22. The maximum absolute atomic E-state index is 10.5. The number of aldehydes is 1. The van der Waals surface area contributed by atoms with Crippen LogP contribution in [0.5, 0.6) is 5.75 Å². The Morgan fingerprint density at radius 1 is 1.10 bits per heavy atom. The van der Waals surface area contributed by atoms with Gasteiger partial charge in [-0.3, -0.25) is 0 Å². The highest BCUT2D eigenvalue weighted by atomic mass is 127. The Hall–Kier alpha value is -1.66. The lowest BCUT2D eigenvalue weighted by molar-refractivity contribution is -0.108. The van der Waals surface area contributed by atoms with Crippen LogP contribution in [0.1, 0.15) is 12.5 Å². The summed E-state index contributed by atoms with van der Waals surface area (Å²) in [5, 5.41) is 9.63. The minimum Gasteiger partial charge on any atom is -0.507 e. The van der Waals surface area contributed by atoms with Gasteiger partial charge < -0.3 is 19.3 Å². The first-order valence-electron chi connectivity index (χ1n) is 9.10. The van der Waals surface area contributed by atoms with Crippen LogP contribution in [-0.2, 0) is 16.1 Å². The van der Waals surface area contributed by atoms with Crippen LogP contribution < -0.4 is 4.67 Å². The molecule has 30 heavy (non-hydrogen) atoms. The Labute approximate surface area is 199 Å². The fraction of sp³-hybridized carbons (Fsp3) is 0.174. The van der Waals surface area contributed by atoms with E-state index in [-0.39, 0.29) is 11.8 Å². The van der Waals surface area contributed by atoms with Gasteiger partial charge in [-0.15, -0.1) is 0 Å². The molecular formula is C23H26ClINO3P. The molecule has 1 unspecified atom stereocenters. The van der Waals surface area contributed by atoms with Gasteiger partial charge in [0, 0.05) is 17.8 Å². The number of halogens is 2. The maximum Gasteiger partial charge on any atom is 0.142 e. The van der Waals surface area contributed by atoms with Gasteiger partial charge in [0.2, 0.25) is 0 Å². The molecule has 0 aromatic heterocycles. The minimum absolute atomic E-state index is 0.0996. The van der Waals surface area contributed by atoms with Crippen molar-refractivity contribution in [2.75, 3.05) is 11.8 Å². The largest absolute Gasteiger partial charge is 0.507 e. The summed E-state index contributed by atoms with van der Waals surface area (Å²) in [5.41, 5.74) is 2.25. The molecule has 2 atom stereocenters. The number of carbonyl (C=O) groups excluding carboxylic acids is 1. The molecular weight excluding hydrogens is 532 g/mol. The van der Waals surface area contributed by atoms with E-state index < -0.39 is 0 Å². The van der Waals surface area contributed by atoms with Crippen molar-refractivity contribution in [2.45, 2.75) is 19.6 Å².